The van der Waals surface area contributed by atoms with Crippen LogP contribution in [0.5, 0.6) is 11.5 Å². The number of phenols is 2. The van der Waals surface area contributed by atoms with E-state index in [1.807, 2.05) is 32.0 Å². The standard InChI is InChI=1S/C17H16O2S2/c1-10-12(5-3-7-15(10)18)14-9-20-21-17(14)13-6-4-8-16(19)11(13)2/h3-9,17-19H,1-2H3. The van der Waals surface area contributed by atoms with Crippen LogP contribution in [0.3, 0.4) is 0 Å². The molecule has 0 saturated heterocycles. The Bertz CT molecular complexity index is 723. The van der Waals surface area contributed by atoms with E-state index in [1.54, 1.807) is 33.7 Å². The Morgan fingerprint density at radius 1 is 0.905 bits per heavy atom. The average Bonchev–Trinajstić information content (AvgIpc) is 2.94. The minimum Gasteiger partial charge on any atom is -0.508 e. The molecule has 2 aromatic carbocycles. The van der Waals surface area contributed by atoms with Crippen molar-refractivity contribution in [2.24, 2.45) is 0 Å². The van der Waals surface area contributed by atoms with Crippen LogP contribution in [0.25, 0.3) is 5.57 Å². The molecule has 1 unspecified atom stereocenters. The summed E-state index contributed by atoms with van der Waals surface area (Å²) >= 11 is 0. The molecule has 1 atom stereocenters. The van der Waals surface area contributed by atoms with Crippen molar-refractivity contribution in [3.05, 3.63) is 64.1 Å². The van der Waals surface area contributed by atoms with Crippen LogP contribution in [-0.4, -0.2) is 10.2 Å². The van der Waals surface area contributed by atoms with Crippen LogP contribution in [0, 0.1) is 13.8 Å². The summed E-state index contributed by atoms with van der Waals surface area (Å²) in [5, 5.41) is 22.2. The van der Waals surface area contributed by atoms with E-state index >= 15 is 0 Å². The predicted molar refractivity (Wildman–Crippen MR) is 91.6 cm³/mol. The second kappa shape index (κ2) is 5.70. The Hall–Kier alpha value is -1.52. The molecule has 108 valence electrons. The Kier molecular flexibility index (Phi) is 3.91. The number of benzene rings is 2. The second-order valence-electron chi connectivity index (χ2n) is 5.09. The van der Waals surface area contributed by atoms with Crippen molar-refractivity contribution in [1.29, 1.82) is 0 Å². The van der Waals surface area contributed by atoms with E-state index in [-0.39, 0.29) is 5.25 Å². The summed E-state index contributed by atoms with van der Waals surface area (Å²) in [5.41, 5.74) is 5.20. The summed E-state index contributed by atoms with van der Waals surface area (Å²) in [6, 6.07) is 11.3. The van der Waals surface area contributed by atoms with Crippen molar-refractivity contribution in [3.63, 3.8) is 0 Å². The molecule has 1 aliphatic heterocycles. The molecular formula is C17H16O2S2. The van der Waals surface area contributed by atoms with Crippen molar-refractivity contribution < 1.29 is 10.2 Å². The molecule has 0 spiro atoms. The Morgan fingerprint density at radius 3 is 2.33 bits per heavy atom. The van der Waals surface area contributed by atoms with E-state index in [2.05, 4.69) is 11.5 Å². The van der Waals surface area contributed by atoms with Gasteiger partial charge in [0.05, 0.1) is 5.25 Å². The normalized spacial score (nSPS) is 17.8. The first-order chi connectivity index (χ1) is 10.1. The highest BCUT2D eigenvalue weighted by atomic mass is 33.1. The first-order valence-electron chi connectivity index (χ1n) is 6.69. The van der Waals surface area contributed by atoms with Gasteiger partial charge in [0.15, 0.2) is 0 Å². The lowest BCUT2D eigenvalue weighted by atomic mass is 9.93. The van der Waals surface area contributed by atoms with Crippen LogP contribution < -0.4 is 0 Å². The maximum absolute atomic E-state index is 9.94. The van der Waals surface area contributed by atoms with Crippen molar-refractivity contribution in [2.45, 2.75) is 19.1 Å². The maximum atomic E-state index is 9.94. The van der Waals surface area contributed by atoms with E-state index in [4.69, 9.17) is 0 Å². The van der Waals surface area contributed by atoms with Crippen molar-refractivity contribution >= 4 is 27.2 Å². The number of hydrogen-bond donors (Lipinski definition) is 2. The van der Waals surface area contributed by atoms with Crippen LogP contribution in [0.4, 0.5) is 0 Å². The van der Waals surface area contributed by atoms with Gasteiger partial charge in [-0.1, -0.05) is 45.9 Å². The lowest BCUT2D eigenvalue weighted by Crippen LogP contribution is -1.99. The summed E-state index contributed by atoms with van der Waals surface area (Å²) in [7, 11) is 3.47. The van der Waals surface area contributed by atoms with Crippen molar-refractivity contribution in [1.82, 2.24) is 0 Å². The number of hydrogen-bond acceptors (Lipinski definition) is 4. The Labute approximate surface area is 132 Å². The van der Waals surface area contributed by atoms with E-state index < -0.39 is 0 Å². The highest BCUT2D eigenvalue weighted by Gasteiger charge is 2.27. The van der Waals surface area contributed by atoms with E-state index in [0.717, 1.165) is 22.3 Å². The molecule has 1 aliphatic rings. The molecule has 0 radical (unpaired) electrons. The molecule has 2 aromatic rings. The third-order valence-corrected chi connectivity index (χ3v) is 6.22. The van der Waals surface area contributed by atoms with Gasteiger partial charge in [0.2, 0.25) is 0 Å². The van der Waals surface area contributed by atoms with E-state index in [0.29, 0.717) is 11.5 Å². The average molecular weight is 316 g/mol. The largest absolute Gasteiger partial charge is 0.508 e. The predicted octanol–water partition coefficient (Wildman–Crippen LogP) is 5.19. The summed E-state index contributed by atoms with van der Waals surface area (Å²) in [6.07, 6.45) is 0. The van der Waals surface area contributed by atoms with Gasteiger partial charge < -0.3 is 10.2 Å². The number of aromatic hydroxyl groups is 2. The smallest absolute Gasteiger partial charge is 0.119 e. The zero-order valence-electron chi connectivity index (χ0n) is 11.8. The fourth-order valence-electron chi connectivity index (χ4n) is 2.53. The van der Waals surface area contributed by atoms with Crippen LogP contribution in [0.1, 0.15) is 27.5 Å². The highest BCUT2D eigenvalue weighted by molar-refractivity contribution is 8.78. The summed E-state index contributed by atoms with van der Waals surface area (Å²) < 4.78 is 0. The van der Waals surface area contributed by atoms with E-state index in [9.17, 15) is 10.2 Å². The minimum absolute atomic E-state index is 0.169. The third kappa shape index (κ3) is 2.54. The molecule has 3 rings (SSSR count). The molecule has 21 heavy (non-hydrogen) atoms. The van der Waals surface area contributed by atoms with Crippen molar-refractivity contribution in [3.8, 4) is 11.5 Å². The topological polar surface area (TPSA) is 40.5 Å². The fraction of sp³-hybridized carbons (Fsp3) is 0.176. The Balaban J connectivity index is 2.07. The molecule has 2 nitrogen and oxygen atoms in total. The molecule has 0 bridgehead atoms. The molecule has 2 N–H and O–H groups in total. The Morgan fingerprint density at radius 2 is 1.57 bits per heavy atom. The zero-order chi connectivity index (χ0) is 15.0. The van der Waals surface area contributed by atoms with Gasteiger partial charge in [-0.2, -0.15) is 0 Å². The van der Waals surface area contributed by atoms with Gasteiger partial charge in [-0.25, -0.2) is 0 Å². The van der Waals surface area contributed by atoms with Crippen molar-refractivity contribution in [2.75, 3.05) is 0 Å². The monoisotopic (exact) mass is 316 g/mol. The molecule has 1 heterocycles. The molecule has 0 aliphatic carbocycles. The molecule has 0 aromatic heterocycles. The summed E-state index contributed by atoms with van der Waals surface area (Å²) in [5.74, 6) is 0.652. The summed E-state index contributed by atoms with van der Waals surface area (Å²) in [4.78, 5) is 0. The van der Waals surface area contributed by atoms with Gasteiger partial charge in [-0.05, 0) is 59.2 Å². The summed E-state index contributed by atoms with van der Waals surface area (Å²) in [6.45, 7) is 3.88. The van der Waals surface area contributed by atoms with Gasteiger partial charge in [0.1, 0.15) is 11.5 Å². The van der Waals surface area contributed by atoms with Gasteiger partial charge >= 0.3 is 0 Å². The van der Waals surface area contributed by atoms with Crippen LogP contribution >= 0.6 is 21.6 Å². The molecule has 0 saturated carbocycles. The quantitative estimate of drug-likeness (QED) is 0.748. The molecule has 4 heteroatoms. The first kappa shape index (κ1) is 14.4. The second-order valence-corrected chi connectivity index (χ2v) is 7.33. The minimum atomic E-state index is 0.169. The van der Waals surface area contributed by atoms with Gasteiger partial charge in [-0.3, -0.25) is 0 Å². The maximum Gasteiger partial charge on any atom is 0.119 e. The van der Waals surface area contributed by atoms with Gasteiger partial charge in [0.25, 0.3) is 0 Å². The SMILES string of the molecule is Cc1c(O)cccc1C1=CSSC1c1cccc(O)c1C. The van der Waals surface area contributed by atoms with Crippen LogP contribution in [-0.2, 0) is 0 Å². The number of rotatable bonds is 2. The van der Waals surface area contributed by atoms with Gasteiger partial charge in [-0.15, -0.1) is 0 Å². The zero-order valence-corrected chi connectivity index (χ0v) is 13.5. The fourth-order valence-corrected chi connectivity index (χ4v) is 5.24. The van der Waals surface area contributed by atoms with Crippen LogP contribution in [0.2, 0.25) is 0 Å². The lowest BCUT2D eigenvalue weighted by molar-refractivity contribution is 0.469. The van der Waals surface area contributed by atoms with Crippen LogP contribution in [0.15, 0.2) is 41.8 Å². The molecule has 0 amide bonds. The van der Waals surface area contributed by atoms with E-state index in [1.165, 1.54) is 5.57 Å². The molecule has 0 fully saturated rings. The first-order valence-corrected chi connectivity index (χ1v) is 8.97. The van der Waals surface area contributed by atoms with Gasteiger partial charge in [0, 0.05) is 0 Å². The highest BCUT2D eigenvalue weighted by Crippen LogP contribution is 2.56. The molecular weight excluding hydrogens is 300 g/mol. The third-order valence-electron chi connectivity index (χ3n) is 3.86. The lowest BCUT2D eigenvalue weighted by Gasteiger charge is -2.19. The number of phenolic OH excluding ortho intramolecular Hbond substituents is 2.